The van der Waals surface area contributed by atoms with E-state index in [1.165, 1.54) is 7.11 Å². The first kappa shape index (κ1) is 26.4. The fraction of sp³-hybridized carbons (Fsp3) is 0.346. The number of nitrogens with one attached hydrogen (secondary N) is 1. The van der Waals surface area contributed by atoms with Gasteiger partial charge in [-0.05, 0) is 24.0 Å². The third-order valence-electron chi connectivity index (χ3n) is 6.57. The number of hydrogen-bond acceptors (Lipinski definition) is 8. The smallest absolute Gasteiger partial charge is 0.401 e. The summed E-state index contributed by atoms with van der Waals surface area (Å²) in [6, 6.07) is 8.36. The highest BCUT2D eigenvalue weighted by atomic mass is 19.4. The van der Waals surface area contributed by atoms with Gasteiger partial charge < -0.3 is 19.7 Å². The first-order chi connectivity index (χ1) is 18.7. The van der Waals surface area contributed by atoms with Crippen LogP contribution in [0.15, 0.2) is 53.4 Å². The summed E-state index contributed by atoms with van der Waals surface area (Å²) in [6.07, 6.45) is 1.08. The van der Waals surface area contributed by atoms with Crippen molar-refractivity contribution in [2.24, 2.45) is 0 Å². The van der Waals surface area contributed by atoms with Crippen LogP contribution in [0.4, 0.5) is 19.0 Å². The third kappa shape index (κ3) is 5.62. The lowest BCUT2D eigenvalue weighted by molar-refractivity contribution is -0.165. The summed E-state index contributed by atoms with van der Waals surface area (Å²) in [6.45, 7) is 0.324. The number of carbonyl (C=O) groups is 1. The van der Waals surface area contributed by atoms with E-state index < -0.39 is 17.5 Å². The maximum absolute atomic E-state index is 13.3. The van der Waals surface area contributed by atoms with Crippen molar-refractivity contribution in [3.8, 4) is 17.0 Å². The Bertz CT molecular complexity index is 1440. The van der Waals surface area contributed by atoms with Crippen molar-refractivity contribution in [2.45, 2.75) is 43.8 Å². The number of aromatic nitrogens is 5. The summed E-state index contributed by atoms with van der Waals surface area (Å²) >= 11 is 0. The fourth-order valence-corrected chi connectivity index (χ4v) is 4.26. The molecule has 0 saturated heterocycles. The first-order valence-electron chi connectivity index (χ1n) is 12.2. The molecule has 4 aromatic rings. The van der Waals surface area contributed by atoms with Gasteiger partial charge in [0.2, 0.25) is 11.8 Å². The summed E-state index contributed by atoms with van der Waals surface area (Å²) < 4.78 is 51.6. The molecule has 1 fully saturated rings. The molecule has 2 N–H and O–H groups in total. The Labute approximate surface area is 220 Å². The minimum Gasteiger partial charge on any atom is -0.480 e. The van der Waals surface area contributed by atoms with E-state index in [2.05, 4.69) is 25.5 Å². The highest BCUT2D eigenvalue weighted by Gasteiger charge is 2.66. The zero-order valence-corrected chi connectivity index (χ0v) is 20.9. The van der Waals surface area contributed by atoms with Gasteiger partial charge in [-0.3, -0.25) is 9.48 Å². The van der Waals surface area contributed by atoms with Crippen molar-refractivity contribution in [3.63, 3.8) is 0 Å². The van der Waals surface area contributed by atoms with Crippen molar-refractivity contribution in [1.29, 1.82) is 0 Å². The number of amides is 1. The Kier molecular flexibility index (Phi) is 7.08. The fourth-order valence-electron chi connectivity index (χ4n) is 4.26. The number of methoxy groups -OCH3 is 1. The average molecular weight is 543 g/mol. The van der Waals surface area contributed by atoms with Crippen molar-refractivity contribution in [3.05, 3.63) is 71.6 Å². The Morgan fingerprint density at radius 2 is 1.90 bits per heavy atom. The predicted molar refractivity (Wildman–Crippen MR) is 132 cm³/mol. The lowest BCUT2D eigenvalue weighted by atomic mass is 10.0. The molecule has 0 unspecified atom stereocenters. The van der Waals surface area contributed by atoms with Crippen LogP contribution in [0.5, 0.6) is 5.88 Å². The van der Waals surface area contributed by atoms with Crippen LogP contribution >= 0.6 is 0 Å². The van der Waals surface area contributed by atoms with Crippen molar-refractivity contribution in [2.75, 3.05) is 19.0 Å². The highest BCUT2D eigenvalue weighted by Crippen LogP contribution is 2.59. The van der Waals surface area contributed by atoms with E-state index >= 15 is 0 Å². The molecule has 0 atom stereocenters. The summed E-state index contributed by atoms with van der Waals surface area (Å²) in [5.74, 6) is 0.280. The Balaban J connectivity index is 1.18. The monoisotopic (exact) mass is 542 g/mol. The van der Waals surface area contributed by atoms with Crippen LogP contribution in [-0.2, 0) is 29.6 Å². The van der Waals surface area contributed by atoms with Crippen LogP contribution in [0.1, 0.15) is 35.6 Å². The van der Waals surface area contributed by atoms with E-state index in [-0.39, 0.29) is 37.4 Å². The normalized spacial score (nSPS) is 14.3. The lowest BCUT2D eigenvalue weighted by Gasteiger charge is -2.14. The number of nitrogens with zero attached hydrogens (tertiary/aromatic N) is 5. The van der Waals surface area contributed by atoms with E-state index in [4.69, 9.17) is 14.4 Å². The Morgan fingerprint density at radius 1 is 1.18 bits per heavy atom. The number of rotatable bonds is 10. The number of hydrogen-bond donors (Lipinski definition) is 2. The second-order valence-corrected chi connectivity index (χ2v) is 9.29. The SMILES string of the molecule is COc1nn(CCO)cc1Cc1ncc(-c2ccc(CC(=O)Nc3cc(C4(C(F)(F)F)CC4)on3)cc2)cn1. The standard InChI is InChI=1S/C26H25F3N6O4/c1-38-24-18(15-35(33-24)8-9-36)11-21-30-13-19(14-31-21)17-4-2-16(3-5-17)10-23(37)32-22-12-20(39-34-22)25(6-7-25)26(27,28)29/h2-5,12-15,36H,6-11H2,1H3,(H,32,34,37). The molecule has 5 rings (SSSR count). The molecule has 1 saturated carbocycles. The second kappa shape index (κ2) is 10.5. The van der Waals surface area contributed by atoms with Gasteiger partial charge in [-0.15, -0.1) is 5.10 Å². The number of benzene rings is 1. The zero-order valence-electron chi connectivity index (χ0n) is 20.9. The van der Waals surface area contributed by atoms with Crippen molar-refractivity contribution in [1.82, 2.24) is 24.9 Å². The summed E-state index contributed by atoms with van der Waals surface area (Å²) in [4.78, 5) is 21.3. The van der Waals surface area contributed by atoms with Gasteiger partial charge in [-0.1, -0.05) is 29.4 Å². The molecule has 1 aromatic carbocycles. The maximum atomic E-state index is 13.3. The van der Waals surface area contributed by atoms with Crippen LogP contribution < -0.4 is 10.1 Å². The number of aliphatic hydroxyl groups excluding tert-OH is 1. The number of anilines is 1. The molecule has 0 aliphatic heterocycles. The quantitative estimate of drug-likeness (QED) is 0.311. The largest absolute Gasteiger partial charge is 0.480 e. The molecule has 0 bridgehead atoms. The lowest BCUT2D eigenvalue weighted by Crippen LogP contribution is -2.28. The molecule has 3 aromatic heterocycles. The number of carbonyl (C=O) groups excluding carboxylic acids is 1. The molecule has 3 heterocycles. The molecular formula is C26H25F3N6O4. The number of aliphatic hydroxyl groups is 1. The summed E-state index contributed by atoms with van der Waals surface area (Å²) in [7, 11) is 1.53. The molecule has 0 radical (unpaired) electrons. The molecule has 204 valence electrons. The molecule has 13 heteroatoms. The van der Waals surface area contributed by atoms with E-state index in [1.807, 2.05) is 12.1 Å². The molecule has 1 aliphatic carbocycles. The van der Waals surface area contributed by atoms with Gasteiger partial charge in [-0.25, -0.2) is 9.97 Å². The third-order valence-corrected chi connectivity index (χ3v) is 6.57. The highest BCUT2D eigenvalue weighted by molar-refractivity contribution is 5.91. The number of alkyl halides is 3. The van der Waals surface area contributed by atoms with E-state index in [0.29, 0.717) is 30.2 Å². The van der Waals surface area contributed by atoms with Gasteiger partial charge >= 0.3 is 6.18 Å². The number of ether oxygens (including phenoxy) is 1. The first-order valence-corrected chi connectivity index (χ1v) is 12.2. The minimum atomic E-state index is -4.42. The van der Waals surface area contributed by atoms with E-state index in [1.54, 1.807) is 35.4 Å². The van der Waals surface area contributed by atoms with E-state index in [0.717, 1.165) is 22.8 Å². The molecule has 10 nitrogen and oxygen atoms in total. The molecule has 1 amide bonds. The zero-order chi connectivity index (χ0) is 27.6. The summed E-state index contributed by atoms with van der Waals surface area (Å²) in [5, 5.41) is 19.4. The van der Waals surface area contributed by atoms with Gasteiger partial charge in [-0.2, -0.15) is 13.2 Å². The number of halogens is 3. The Hall–Kier alpha value is -4.26. The van der Waals surface area contributed by atoms with Crippen molar-refractivity contribution >= 4 is 11.7 Å². The molecule has 0 spiro atoms. The average Bonchev–Trinajstić information content (AvgIpc) is 3.47. The maximum Gasteiger partial charge on any atom is 0.401 e. The van der Waals surface area contributed by atoms with Crippen LogP contribution in [0.2, 0.25) is 0 Å². The van der Waals surface area contributed by atoms with Crippen LogP contribution in [0.3, 0.4) is 0 Å². The second-order valence-electron chi connectivity index (χ2n) is 9.29. The van der Waals surface area contributed by atoms with Crippen LogP contribution in [0.25, 0.3) is 11.1 Å². The van der Waals surface area contributed by atoms with Gasteiger partial charge in [0.25, 0.3) is 0 Å². The van der Waals surface area contributed by atoms with Crippen LogP contribution in [-0.4, -0.2) is 55.8 Å². The van der Waals surface area contributed by atoms with Crippen LogP contribution in [0, 0.1) is 0 Å². The van der Waals surface area contributed by atoms with Gasteiger partial charge in [0.15, 0.2) is 11.6 Å². The van der Waals surface area contributed by atoms with Gasteiger partial charge in [0.1, 0.15) is 11.2 Å². The topological polar surface area (TPSA) is 128 Å². The van der Waals surface area contributed by atoms with E-state index in [9.17, 15) is 18.0 Å². The molecule has 39 heavy (non-hydrogen) atoms. The minimum absolute atomic E-state index is 0.00806. The van der Waals surface area contributed by atoms with Crippen molar-refractivity contribution < 1.29 is 32.3 Å². The molecular weight excluding hydrogens is 517 g/mol. The van der Waals surface area contributed by atoms with Gasteiger partial charge in [0, 0.05) is 42.2 Å². The Morgan fingerprint density at radius 3 is 2.51 bits per heavy atom. The molecule has 1 aliphatic rings. The summed E-state index contributed by atoms with van der Waals surface area (Å²) in [5.41, 5.74) is 1.15. The predicted octanol–water partition coefficient (Wildman–Crippen LogP) is 3.69. The van der Waals surface area contributed by atoms with Gasteiger partial charge in [0.05, 0.1) is 26.7 Å².